The summed E-state index contributed by atoms with van der Waals surface area (Å²) in [5.41, 5.74) is -0.0511. The van der Waals surface area contributed by atoms with Crippen LogP contribution in [0, 0.1) is 0 Å². The third-order valence-corrected chi connectivity index (χ3v) is 16.7. The van der Waals surface area contributed by atoms with Crippen molar-refractivity contribution in [1.82, 2.24) is 19.7 Å². The van der Waals surface area contributed by atoms with Gasteiger partial charge in [0.1, 0.15) is 9.42 Å². The lowest BCUT2D eigenvalue weighted by atomic mass is 10.5. The summed E-state index contributed by atoms with van der Waals surface area (Å²) >= 11 is 0. The van der Waals surface area contributed by atoms with Crippen LogP contribution in [0.2, 0.25) is 0 Å². The summed E-state index contributed by atoms with van der Waals surface area (Å²) in [6, 6.07) is -0.229. The van der Waals surface area contributed by atoms with Crippen molar-refractivity contribution >= 4 is 49.9 Å². The number of aromatic nitrogens is 4. The SMILES string of the molecule is O=P12Oc3nc4nc5nc(c4n3O1)N(O2)OP1(=O)OS523(COP(=O)(O2)O3)O1. The van der Waals surface area contributed by atoms with Crippen molar-refractivity contribution in [3.8, 4) is 6.01 Å². The third-order valence-electron chi connectivity index (χ3n) is 4.28. The second-order valence-electron chi connectivity index (χ2n) is 6.03. The first-order valence-corrected chi connectivity index (χ1v) is 13.6. The summed E-state index contributed by atoms with van der Waals surface area (Å²) < 4.78 is 85.2. The molecule has 0 radical (unpaired) electrons. The predicted molar refractivity (Wildman–Crippen MR) is 76.1 cm³/mol. The molecule has 0 N–H and O–H groups in total. The summed E-state index contributed by atoms with van der Waals surface area (Å²) in [5.74, 6) is -0.868. The van der Waals surface area contributed by atoms with E-state index >= 15 is 0 Å². The predicted octanol–water partition coefficient (Wildman–Crippen LogP) is 1.64. The molecule has 27 heavy (non-hydrogen) atoms. The number of phosphoric acid groups is 3. The van der Waals surface area contributed by atoms with Gasteiger partial charge in [0, 0.05) is 0 Å². The van der Waals surface area contributed by atoms with Gasteiger partial charge in [-0.15, -0.1) is 14.0 Å². The van der Waals surface area contributed by atoms with Gasteiger partial charge in [0.25, 0.3) is 0 Å². The molecule has 10 heterocycles. The number of anilines is 1. The summed E-state index contributed by atoms with van der Waals surface area (Å²) in [7, 11) is -18.0. The standard InChI is InChI=1S/C6H2N5O12P3S/c12-24-15-1-27(20-24,21-24)5-7-3-2-4(9-5)11(19-26(14,22-27)23-27)18-25(13)16-6(8-3)10(2)17-25/h1H2. The Morgan fingerprint density at radius 3 is 2.37 bits per heavy atom. The van der Waals surface area contributed by atoms with Crippen molar-refractivity contribution in [1.29, 1.82) is 0 Å². The average molecular weight is 461 g/mol. The first-order chi connectivity index (χ1) is 12.6. The third kappa shape index (κ3) is 1.23. The molecule has 0 aromatic carbocycles. The zero-order valence-electron chi connectivity index (χ0n) is 12.1. The Hall–Kier alpha value is -1.29. The maximum absolute atomic E-state index is 12.8. The van der Waals surface area contributed by atoms with Gasteiger partial charge in [0.2, 0.25) is 11.0 Å². The lowest BCUT2D eigenvalue weighted by molar-refractivity contribution is -0.00342. The first kappa shape index (κ1) is 14.7. The Morgan fingerprint density at radius 1 is 0.889 bits per heavy atom. The van der Waals surface area contributed by atoms with Crippen molar-refractivity contribution in [3.05, 3.63) is 0 Å². The van der Waals surface area contributed by atoms with E-state index < -0.39 is 44.0 Å². The average Bonchev–Trinajstić information content (AvgIpc) is 3.15. The van der Waals surface area contributed by atoms with Crippen LogP contribution in [0.1, 0.15) is 0 Å². The fraction of sp³-hybridized carbons (Fsp3) is 0.167. The fourth-order valence-electron chi connectivity index (χ4n) is 3.37. The Kier molecular flexibility index (Phi) is 1.75. The van der Waals surface area contributed by atoms with Gasteiger partial charge in [-0.1, -0.05) is 5.23 Å². The van der Waals surface area contributed by atoms with Crippen LogP contribution in [-0.2, 0) is 43.3 Å². The van der Waals surface area contributed by atoms with E-state index in [9.17, 15) is 13.7 Å². The highest BCUT2D eigenvalue weighted by atomic mass is 32.4. The van der Waals surface area contributed by atoms with Crippen LogP contribution in [0.5, 0.6) is 6.01 Å². The zero-order valence-corrected chi connectivity index (χ0v) is 15.6. The smallest absolute Gasteiger partial charge is 0.355 e. The van der Waals surface area contributed by atoms with Gasteiger partial charge >= 0.3 is 29.5 Å². The van der Waals surface area contributed by atoms with E-state index in [1.165, 1.54) is 0 Å². The first-order valence-electron chi connectivity index (χ1n) is 6.90. The molecule has 17 nitrogen and oxygen atoms in total. The van der Waals surface area contributed by atoms with Gasteiger partial charge in [-0.25, -0.2) is 13.7 Å². The van der Waals surface area contributed by atoms with Gasteiger partial charge in [0.15, 0.2) is 17.1 Å². The second kappa shape index (κ2) is 3.22. The molecule has 1 atom stereocenters. The lowest BCUT2D eigenvalue weighted by Crippen LogP contribution is -2.55. The Balaban J connectivity index is 1.55. The van der Waals surface area contributed by atoms with Gasteiger partial charge in [-0.3, -0.25) is 9.15 Å². The maximum atomic E-state index is 12.8. The number of hydrogen-bond acceptors (Lipinski definition) is 16. The Morgan fingerprint density at radius 2 is 1.63 bits per heavy atom. The van der Waals surface area contributed by atoms with E-state index in [-0.39, 0.29) is 23.0 Å². The molecule has 0 amide bonds. The number of nitrogens with zero attached hydrogens (tertiary/aromatic N) is 5. The van der Waals surface area contributed by atoms with Crippen LogP contribution in [0.3, 0.4) is 0 Å². The minimum atomic E-state index is -5.33. The quantitative estimate of drug-likeness (QED) is 0.407. The molecular weight excluding hydrogens is 459 g/mol. The monoisotopic (exact) mass is 461 g/mol. The highest BCUT2D eigenvalue weighted by Gasteiger charge is 2.99. The Labute approximate surface area is 145 Å². The number of fused-ring (bicyclic) bond motifs is 2. The van der Waals surface area contributed by atoms with Crippen LogP contribution in [0.25, 0.3) is 11.2 Å². The topological polar surface area (TPSA) is 181 Å². The molecule has 7 bridgehead atoms. The molecule has 8 aliphatic rings. The molecular formula is C6H2N5O12P3S. The zero-order chi connectivity index (χ0) is 18.1. The summed E-state index contributed by atoms with van der Waals surface area (Å²) in [6.07, 6.45) is 0. The molecule has 4 fully saturated rings. The van der Waals surface area contributed by atoms with Crippen molar-refractivity contribution < 1.29 is 52.5 Å². The summed E-state index contributed by atoms with van der Waals surface area (Å²) in [6.45, 7) is 0. The largest absolute Gasteiger partial charge is 0.634 e. The molecule has 2 aromatic heterocycles. The van der Waals surface area contributed by atoms with Crippen molar-refractivity contribution in [2.75, 3.05) is 11.2 Å². The highest BCUT2D eigenvalue weighted by Crippen LogP contribution is 3.24. The van der Waals surface area contributed by atoms with E-state index in [0.717, 1.165) is 4.73 Å². The van der Waals surface area contributed by atoms with Crippen LogP contribution >= 0.6 is 32.9 Å². The number of rotatable bonds is 0. The van der Waals surface area contributed by atoms with Crippen LogP contribution in [0.4, 0.5) is 5.82 Å². The molecule has 2 aromatic rings. The van der Waals surface area contributed by atoms with E-state index in [1.807, 2.05) is 0 Å². The summed E-state index contributed by atoms with van der Waals surface area (Å²) in [5, 5.41) is -0.0155. The minimum Gasteiger partial charge on any atom is -0.355 e. The minimum absolute atomic E-state index is 0.0212. The fourth-order valence-corrected chi connectivity index (χ4v) is 17.8. The molecule has 10 rings (SSSR count). The van der Waals surface area contributed by atoms with E-state index in [0.29, 0.717) is 5.23 Å². The molecule has 0 aliphatic carbocycles. The van der Waals surface area contributed by atoms with Gasteiger partial charge < -0.3 is 4.52 Å². The molecule has 0 saturated carbocycles. The molecule has 8 aliphatic heterocycles. The molecule has 21 heteroatoms. The molecule has 1 unspecified atom stereocenters. The lowest BCUT2D eigenvalue weighted by Gasteiger charge is -2.76. The number of imidazole rings is 1. The van der Waals surface area contributed by atoms with E-state index in [2.05, 4.69) is 15.0 Å². The molecule has 144 valence electrons. The van der Waals surface area contributed by atoms with Crippen molar-refractivity contribution in [2.45, 2.75) is 5.16 Å². The van der Waals surface area contributed by atoms with Crippen LogP contribution in [0.15, 0.2) is 5.16 Å². The highest BCUT2D eigenvalue weighted by molar-refractivity contribution is 8.60. The molecule has 4 saturated heterocycles. The van der Waals surface area contributed by atoms with Gasteiger partial charge in [0.05, 0.1) is 0 Å². The van der Waals surface area contributed by atoms with Crippen LogP contribution < -0.4 is 14.4 Å². The van der Waals surface area contributed by atoms with E-state index in [1.54, 1.807) is 0 Å². The van der Waals surface area contributed by atoms with Gasteiger partial charge in [-0.05, 0) is 0 Å². The summed E-state index contributed by atoms with van der Waals surface area (Å²) in [4.78, 5) is 12.4. The van der Waals surface area contributed by atoms with Crippen molar-refractivity contribution in [2.24, 2.45) is 0 Å². The second-order valence-corrected chi connectivity index (χ2v) is 15.3. The number of hydrogen-bond donors (Lipinski definition) is 0. The normalized spacial score (nSPS) is 46.7. The van der Waals surface area contributed by atoms with E-state index in [4.69, 9.17) is 38.8 Å². The van der Waals surface area contributed by atoms with Crippen LogP contribution in [-0.4, -0.2) is 25.6 Å². The van der Waals surface area contributed by atoms with Gasteiger partial charge in [-0.2, -0.15) is 30.8 Å². The molecule has 1 spiro atoms. The maximum Gasteiger partial charge on any atom is 0.634 e. The van der Waals surface area contributed by atoms with Crippen molar-refractivity contribution in [3.63, 3.8) is 0 Å². The Bertz CT molecular complexity index is 1340.